The van der Waals surface area contributed by atoms with E-state index in [0.29, 0.717) is 18.7 Å². The Morgan fingerprint density at radius 3 is 2.54 bits per heavy atom. The van der Waals surface area contributed by atoms with Gasteiger partial charge in [-0.1, -0.05) is 30.3 Å². The summed E-state index contributed by atoms with van der Waals surface area (Å²) in [7, 11) is 0. The largest absolute Gasteiger partial charge is 0.396 e. The first kappa shape index (κ1) is 16.7. The molecule has 1 saturated heterocycles. The monoisotopic (exact) mass is 324 g/mol. The molecule has 4 heteroatoms. The lowest BCUT2D eigenvalue weighted by Gasteiger charge is -2.41. The van der Waals surface area contributed by atoms with Gasteiger partial charge in [0.1, 0.15) is 0 Å². The van der Waals surface area contributed by atoms with Crippen LogP contribution < -0.4 is 0 Å². The van der Waals surface area contributed by atoms with Crippen molar-refractivity contribution in [3.8, 4) is 0 Å². The molecule has 0 atom stereocenters. The molecule has 4 nitrogen and oxygen atoms in total. The Morgan fingerprint density at radius 1 is 1.21 bits per heavy atom. The van der Waals surface area contributed by atoms with Gasteiger partial charge in [0.05, 0.1) is 5.56 Å². The molecule has 1 aromatic carbocycles. The number of hydrogen-bond acceptors (Lipinski definition) is 3. The van der Waals surface area contributed by atoms with E-state index in [2.05, 4.69) is 17.1 Å². The predicted octanol–water partition coefficient (Wildman–Crippen LogP) is 2.85. The normalized spacial score (nSPS) is 16.8. The summed E-state index contributed by atoms with van der Waals surface area (Å²) < 4.78 is 0. The number of aliphatic hydroxyl groups is 1. The van der Waals surface area contributed by atoms with Crippen molar-refractivity contribution in [3.05, 3.63) is 65.5 Å². The number of aryl methyl sites for hydroxylation is 1. The lowest BCUT2D eigenvalue weighted by Crippen LogP contribution is -2.45. The van der Waals surface area contributed by atoms with Crippen LogP contribution in [-0.2, 0) is 6.42 Å². The minimum atomic E-state index is -0.122. The fourth-order valence-corrected chi connectivity index (χ4v) is 3.46. The molecular weight excluding hydrogens is 300 g/mol. The smallest absolute Gasteiger partial charge is 0.255 e. The summed E-state index contributed by atoms with van der Waals surface area (Å²) in [6, 6.07) is 12.2. The SMILES string of the molecule is Cc1cncc(C(=O)N2CCC(CO)(Cc3ccccc3)CC2)c1. The lowest BCUT2D eigenvalue weighted by atomic mass is 9.74. The number of nitrogens with zero attached hydrogens (tertiary/aromatic N) is 2. The van der Waals surface area contributed by atoms with Crippen LogP contribution in [0.2, 0.25) is 0 Å². The van der Waals surface area contributed by atoms with E-state index in [-0.39, 0.29) is 17.9 Å². The van der Waals surface area contributed by atoms with Crippen LogP contribution in [0.25, 0.3) is 0 Å². The number of carbonyl (C=O) groups excluding carboxylic acids is 1. The van der Waals surface area contributed by atoms with E-state index in [1.165, 1.54) is 5.56 Å². The zero-order chi connectivity index (χ0) is 17.0. The topological polar surface area (TPSA) is 53.4 Å². The van der Waals surface area contributed by atoms with Crippen molar-refractivity contribution >= 4 is 5.91 Å². The van der Waals surface area contributed by atoms with Gasteiger partial charge >= 0.3 is 0 Å². The number of carbonyl (C=O) groups is 1. The Labute approximate surface area is 143 Å². The van der Waals surface area contributed by atoms with Gasteiger partial charge < -0.3 is 10.0 Å². The van der Waals surface area contributed by atoms with Gasteiger partial charge in [0.15, 0.2) is 0 Å². The van der Waals surface area contributed by atoms with Gasteiger partial charge in [-0.05, 0) is 43.4 Å². The Kier molecular flexibility index (Phi) is 4.95. The summed E-state index contributed by atoms with van der Waals surface area (Å²) in [6.07, 6.45) is 5.89. The molecule has 1 aliphatic heterocycles. The Balaban J connectivity index is 1.66. The number of likely N-dealkylation sites (tertiary alicyclic amines) is 1. The summed E-state index contributed by atoms with van der Waals surface area (Å²) in [5, 5.41) is 9.97. The molecule has 0 spiro atoms. The van der Waals surface area contributed by atoms with Gasteiger partial charge in [0, 0.05) is 37.5 Å². The number of benzene rings is 1. The molecule has 0 bridgehead atoms. The predicted molar refractivity (Wildman–Crippen MR) is 93.8 cm³/mol. The number of hydrogen-bond donors (Lipinski definition) is 1. The number of piperidine rings is 1. The van der Waals surface area contributed by atoms with Crippen LogP contribution in [0.5, 0.6) is 0 Å². The van der Waals surface area contributed by atoms with Crippen molar-refractivity contribution in [1.82, 2.24) is 9.88 Å². The van der Waals surface area contributed by atoms with E-state index >= 15 is 0 Å². The Morgan fingerprint density at radius 2 is 1.92 bits per heavy atom. The molecule has 126 valence electrons. The van der Waals surface area contributed by atoms with Crippen LogP contribution >= 0.6 is 0 Å². The molecule has 1 N–H and O–H groups in total. The van der Waals surface area contributed by atoms with Crippen molar-refractivity contribution in [3.63, 3.8) is 0 Å². The molecule has 2 aromatic rings. The molecule has 0 radical (unpaired) electrons. The number of amides is 1. The first-order valence-electron chi connectivity index (χ1n) is 8.48. The van der Waals surface area contributed by atoms with Gasteiger partial charge in [-0.15, -0.1) is 0 Å². The summed E-state index contributed by atoms with van der Waals surface area (Å²) >= 11 is 0. The molecule has 3 rings (SSSR count). The quantitative estimate of drug-likeness (QED) is 0.941. The Bertz CT molecular complexity index is 692. The van der Waals surface area contributed by atoms with Crippen LogP contribution in [0.4, 0.5) is 0 Å². The maximum Gasteiger partial charge on any atom is 0.255 e. The van der Waals surface area contributed by atoms with E-state index < -0.39 is 0 Å². The highest BCUT2D eigenvalue weighted by molar-refractivity contribution is 5.94. The van der Waals surface area contributed by atoms with E-state index in [4.69, 9.17) is 0 Å². The van der Waals surface area contributed by atoms with Crippen molar-refractivity contribution in [2.24, 2.45) is 5.41 Å². The van der Waals surface area contributed by atoms with Crippen LogP contribution in [0.3, 0.4) is 0 Å². The second-order valence-corrected chi connectivity index (χ2v) is 6.86. The first-order chi connectivity index (χ1) is 11.6. The minimum absolute atomic E-state index is 0.0393. The molecule has 0 saturated carbocycles. The number of aromatic nitrogens is 1. The second-order valence-electron chi connectivity index (χ2n) is 6.86. The number of pyridine rings is 1. The molecule has 2 heterocycles. The standard InChI is InChI=1S/C20H24N2O2/c1-16-11-18(14-21-13-16)19(24)22-9-7-20(15-23,8-10-22)12-17-5-3-2-4-6-17/h2-6,11,13-14,23H,7-10,12,15H2,1H3. The summed E-state index contributed by atoms with van der Waals surface area (Å²) in [6.45, 7) is 3.47. The highest BCUT2D eigenvalue weighted by atomic mass is 16.3. The highest BCUT2D eigenvalue weighted by Crippen LogP contribution is 2.35. The van der Waals surface area contributed by atoms with Gasteiger partial charge in [0.2, 0.25) is 0 Å². The fraction of sp³-hybridized carbons (Fsp3) is 0.400. The Hall–Kier alpha value is -2.20. The highest BCUT2D eigenvalue weighted by Gasteiger charge is 2.35. The molecule has 0 aliphatic carbocycles. The second kappa shape index (κ2) is 7.14. The van der Waals surface area contributed by atoms with Gasteiger partial charge in [0.25, 0.3) is 5.91 Å². The number of rotatable bonds is 4. The molecule has 1 aliphatic rings. The van der Waals surface area contributed by atoms with E-state index in [0.717, 1.165) is 24.8 Å². The van der Waals surface area contributed by atoms with Crippen molar-refractivity contribution < 1.29 is 9.90 Å². The van der Waals surface area contributed by atoms with E-state index in [1.807, 2.05) is 36.1 Å². The van der Waals surface area contributed by atoms with Gasteiger partial charge in [-0.3, -0.25) is 9.78 Å². The summed E-state index contributed by atoms with van der Waals surface area (Å²) in [5.41, 5.74) is 2.76. The zero-order valence-corrected chi connectivity index (χ0v) is 14.1. The lowest BCUT2D eigenvalue weighted by molar-refractivity contribution is 0.0358. The van der Waals surface area contributed by atoms with Crippen LogP contribution in [0, 0.1) is 12.3 Å². The fourth-order valence-electron chi connectivity index (χ4n) is 3.46. The summed E-state index contributed by atoms with van der Waals surface area (Å²) in [5.74, 6) is 0.0393. The average Bonchev–Trinajstić information content (AvgIpc) is 2.62. The zero-order valence-electron chi connectivity index (χ0n) is 14.1. The molecule has 0 unspecified atom stereocenters. The van der Waals surface area contributed by atoms with Crippen molar-refractivity contribution in [1.29, 1.82) is 0 Å². The van der Waals surface area contributed by atoms with E-state index in [9.17, 15) is 9.90 Å². The third-order valence-corrected chi connectivity index (χ3v) is 4.99. The van der Waals surface area contributed by atoms with Crippen LogP contribution in [-0.4, -0.2) is 40.6 Å². The third-order valence-electron chi connectivity index (χ3n) is 4.99. The minimum Gasteiger partial charge on any atom is -0.396 e. The van der Waals surface area contributed by atoms with Gasteiger partial charge in [-0.25, -0.2) is 0 Å². The molecule has 1 fully saturated rings. The maximum atomic E-state index is 12.6. The molecule has 24 heavy (non-hydrogen) atoms. The van der Waals surface area contributed by atoms with Crippen LogP contribution in [0.1, 0.15) is 34.3 Å². The average molecular weight is 324 g/mol. The molecule has 1 amide bonds. The third kappa shape index (κ3) is 3.65. The van der Waals surface area contributed by atoms with Gasteiger partial charge in [-0.2, -0.15) is 0 Å². The first-order valence-corrected chi connectivity index (χ1v) is 8.48. The van der Waals surface area contributed by atoms with Crippen molar-refractivity contribution in [2.45, 2.75) is 26.2 Å². The summed E-state index contributed by atoms with van der Waals surface area (Å²) in [4.78, 5) is 18.6. The van der Waals surface area contributed by atoms with Crippen LogP contribution in [0.15, 0.2) is 48.8 Å². The molecular formula is C20H24N2O2. The number of aliphatic hydroxyl groups excluding tert-OH is 1. The maximum absolute atomic E-state index is 12.6. The van der Waals surface area contributed by atoms with Crippen molar-refractivity contribution in [2.75, 3.05) is 19.7 Å². The molecule has 1 aromatic heterocycles. The van der Waals surface area contributed by atoms with E-state index in [1.54, 1.807) is 12.4 Å².